The van der Waals surface area contributed by atoms with Gasteiger partial charge < -0.3 is 9.64 Å². The van der Waals surface area contributed by atoms with Crippen molar-refractivity contribution in [3.8, 4) is 0 Å². The summed E-state index contributed by atoms with van der Waals surface area (Å²) >= 11 is 1.80. The molecule has 1 aliphatic heterocycles. The average Bonchev–Trinajstić information content (AvgIpc) is 3.24. The van der Waals surface area contributed by atoms with E-state index >= 15 is 0 Å². The molecular formula is C22H30N2O2S. The first-order valence-electron chi connectivity index (χ1n) is 9.70. The number of benzene rings is 1. The number of rotatable bonds is 6. The fourth-order valence-corrected chi connectivity index (χ4v) is 4.90. The molecule has 3 rings (SSSR count). The second-order valence-electron chi connectivity index (χ2n) is 7.44. The summed E-state index contributed by atoms with van der Waals surface area (Å²) in [5, 5.41) is 2.13. The fourth-order valence-electron chi connectivity index (χ4n) is 4.08. The minimum Gasteiger partial charge on any atom is -0.375 e. The van der Waals surface area contributed by atoms with Gasteiger partial charge in [-0.2, -0.15) is 0 Å². The summed E-state index contributed by atoms with van der Waals surface area (Å²) in [5.41, 5.74) is 0.530. The molecule has 2 aromatic rings. The lowest BCUT2D eigenvalue weighted by molar-refractivity contribution is -0.123. The Morgan fingerprint density at radius 3 is 2.67 bits per heavy atom. The Morgan fingerprint density at radius 1 is 1.33 bits per heavy atom. The number of hydrogen-bond donors (Lipinski definition) is 0. The van der Waals surface area contributed by atoms with Crippen LogP contribution in [-0.2, 0) is 9.53 Å². The van der Waals surface area contributed by atoms with Crippen LogP contribution in [0.5, 0.6) is 0 Å². The molecule has 146 valence electrons. The number of methoxy groups -OCH3 is 1. The van der Waals surface area contributed by atoms with Crippen molar-refractivity contribution in [2.75, 3.05) is 25.1 Å². The van der Waals surface area contributed by atoms with E-state index in [0.717, 1.165) is 25.2 Å². The zero-order valence-electron chi connectivity index (χ0n) is 16.7. The molecule has 4 nitrogen and oxygen atoms in total. The molecule has 1 aromatic heterocycles. The molecule has 1 amide bonds. The van der Waals surface area contributed by atoms with E-state index in [1.807, 2.05) is 42.2 Å². The standard InChI is InChI=1S/C22H30N2O2S/c1-5-21(25)24(18-10-7-6-8-11-18)20-13-14-23(16-22(20,3)26-4)17(2)19-12-9-15-27-19/h6-12,15,17,20H,5,13-14,16H2,1-4H3. The third kappa shape index (κ3) is 4.10. The van der Waals surface area contributed by atoms with E-state index < -0.39 is 5.60 Å². The molecule has 2 heterocycles. The predicted molar refractivity (Wildman–Crippen MR) is 112 cm³/mol. The summed E-state index contributed by atoms with van der Waals surface area (Å²) in [7, 11) is 1.77. The van der Waals surface area contributed by atoms with E-state index in [1.54, 1.807) is 18.4 Å². The molecule has 0 bridgehead atoms. The number of hydrogen-bond acceptors (Lipinski definition) is 4. The molecule has 1 fully saturated rings. The normalized spacial score (nSPS) is 24.5. The maximum absolute atomic E-state index is 12.9. The highest BCUT2D eigenvalue weighted by Crippen LogP contribution is 2.36. The SMILES string of the molecule is CCC(=O)N(c1ccccc1)C1CCN(C(C)c2cccs2)CC1(C)OC. The Balaban J connectivity index is 1.88. The largest absolute Gasteiger partial charge is 0.375 e. The van der Waals surface area contributed by atoms with Crippen molar-refractivity contribution in [3.05, 3.63) is 52.7 Å². The smallest absolute Gasteiger partial charge is 0.227 e. The van der Waals surface area contributed by atoms with Gasteiger partial charge in [-0.05, 0) is 43.8 Å². The first-order valence-corrected chi connectivity index (χ1v) is 10.6. The van der Waals surface area contributed by atoms with Crippen molar-refractivity contribution in [2.24, 2.45) is 0 Å². The summed E-state index contributed by atoms with van der Waals surface area (Å²) in [6, 6.07) is 14.7. The van der Waals surface area contributed by atoms with Gasteiger partial charge in [-0.3, -0.25) is 9.69 Å². The van der Waals surface area contributed by atoms with Crippen LogP contribution >= 0.6 is 11.3 Å². The highest BCUT2D eigenvalue weighted by atomic mass is 32.1. The molecule has 3 unspecified atom stereocenters. The number of carbonyl (C=O) groups excluding carboxylic acids is 1. The first kappa shape index (κ1) is 20.1. The molecule has 0 spiro atoms. The molecule has 27 heavy (non-hydrogen) atoms. The number of piperidine rings is 1. The summed E-state index contributed by atoms with van der Waals surface area (Å²) in [4.78, 5) is 18.7. The lowest BCUT2D eigenvalue weighted by atomic mass is 9.86. The van der Waals surface area contributed by atoms with Gasteiger partial charge in [0.15, 0.2) is 0 Å². The molecular weight excluding hydrogens is 356 g/mol. The van der Waals surface area contributed by atoms with Gasteiger partial charge in [0, 0.05) is 43.2 Å². The van der Waals surface area contributed by atoms with Crippen LogP contribution in [0.15, 0.2) is 47.8 Å². The zero-order valence-corrected chi connectivity index (χ0v) is 17.5. The van der Waals surface area contributed by atoms with Crippen molar-refractivity contribution in [3.63, 3.8) is 0 Å². The number of carbonyl (C=O) groups is 1. The van der Waals surface area contributed by atoms with Crippen molar-refractivity contribution >= 4 is 22.9 Å². The molecule has 0 N–H and O–H groups in total. The van der Waals surface area contributed by atoms with Crippen molar-refractivity contribution < 1.29 is 9.53 Å². The van der Waals surface area contributed by atoms with Crippen molar-refractivity contribution in [1.29, 1.82) is 0 Å². The Labute approximate surface area is 166 Å². The minimum absolute atomic E-state index is 0.0177. The lowest BCUT2D eigenvalue weighted by Gasteiger charge is -2.50. The Hall–Kier alpha value is -1.69. The van der Waals surface area contributed by atoms with Crippen LogP contribution < -0.4 is 4.90 Å². The molecule has 5 heteroatoms. The highest BCUT2D eigenvalue weighted by Gasteiger charge is 2.45. The van der Waals surface area contributed by atoms with Gasteiger partial charge in [0.25, 0.3) is 0 Å². The average molecular weight is 387 g/mol. The Bertz CT molecular complexity index is 734. The second kappa shape index (κ2) is 8.55. The third-order valence-corrected chi connectivity index (χ3v) is 6.84. The van der Waals surface area contributed by atoms with Crippen LogP contribution in [0.1, 0.15) is 44.5 Å². The van der Waals surface area contributed by atoms with E-state index in [2.05, 4.69) is 36.3 Å². The van der Waals surface area contributed by atoms with Gasteiger partial charge in [0.05, 0.1) is 11.6 Å². The van der Waals surface area contributed by atoms with Crippen LogP contribution in [0, 0.1) is 0 Å². The van der Waals surface area contributed by atoms with Crippen LogP contribution in [0.4, 0.5) is 5.69 Å². The third-order valence-electron chi connectivity index (χ3n) is 5.80. The molecule has 0 aliphatic carbocycles. The molecule has 1 saturated heterocycles. The number of anilines is 1. The topological polar surface area (TPSA) is 32.8 Å². The van der Waals surface area contributed by atoms with E-state index in [0.29, 0.717) is 12.5 Å². The number of para-hydroxylation sites is 1. The molecule has 3 atom stereocenters. The quantitative estimate of drug-likeness (QED) is 0.719. The zero-order chi connectivity index (χ0) is 19.4. The van der Waals surface area contributed by atoms with Gasteiger partial charge in [-0.1, -0.05) is 31.2 Å². The van der Waals surface area contributed by atoms with E-state index in [4.69, 9.17) is 4.74 Å². The molecule has 1 aromatic carbocycles. The Kier molecular flexibility index (Phi) is 6.35. The maximum atomic E-state index is 12.9. The summed E-state index contributed by atoms with van der Waals surface area (Å²) in [6.45, 7) is 8.07. The maximum Gasteiger partial charge on any atom is 0.227 e. The van der Waals surface area contributed by atoms with E-state index in [-0.39, 0.29) is 11.9 Å². The number of thiophene rings is 1. The number of amides is 1. The van der Waals surface area contributed by atoms with Gasteiger partial charge >= 0.3 is 0 Å². The fraction of sp³-hybridized carbons (Fsp3) is 0.500. The lowest BCUT2D eigenvalue weighted by Crippen LogP contribution is -2.63. The van der Waals surface area contributed by atoms with Gasteiger partial charge in [-0.25, -0.2) is 0 Å². The molecule has 0 radical (unpaired) electrons. The predicted octanol–water partition coefficient (Wildman–Crippen LogP) is 4.73. The van der Waals surface area contributed by atoms with Crippen LogP contribution in [0.3, 0.4) is 0 Å². The summed E-state index contributed by atoms with van der Waals surface area (Å²) in [6.07, 6.45) is 1.38. The first-order chi connectivity index (χ1) is 13.0. The second-order valence-corrected chi connectivity index (χ2v) is 8.42. The minimum atomic E-state index is -0.426. The summed E-state index contributed by atoms with van der Waals surface area (Å²) < 4.78 is 6.05. The summed E-state index contributed by atoms with van der Waals surface area (Å²) in [5.74, 6) is 0.147. The monoisotopic (exact) mass is 386 g/mol. The van der Waals surface area contributed by atoms with Gasteiger partial charge in [-0.15, -0.1) is 11.3 Å². The van der Waals surface area contributed by atoms with Crippen LogP contribution in [0.2, 0.25) is 0 Å². The van der Waals surface area contributed by atoms with Crippen LogP contribution in [0.25, 0.3) is 0 Å². The van der Waals surface area contributed by atoms with E-state index in [9.17, 15) is 4.79 Å². The number of likely N-dealkylation sites (tertiary alicyclic amines) is 1. The molecule has 1 aliphatic rings. The van der Waals surface area contributed by atoms with E-state index in [1.165, 1.54) is 4.88 Å². The van der Waals surface area contributed by atoms with Crippen molar-refractivity contribution in [2.45, 2.75) is 51.3 Å². The van der Waals surface area contributed by atoms with Crippen LogP contribution in [-0.4, -0.2) is 42.6 Å². The Morgan fingerprint density at radius 2 is 2.07 bits per heavy atom. The molecule has 0 saturated carbocycles. The highest BCUT2D eigenvalue weighted by molar-refractivity contribution is 7.10. The number of nitrogens with zero attached hydrogens (tertiary/aromatic N) is 2. The van der Waals surface area contributed by atoms with Gasteiger partial charge in [0.2, 0.25) is 5.91 Å². The van der Waals surface area contributed by atoms with Gasteiger partial charge in [0.1, 0.15) is 0 Å². The number of ether oxygens (including phenoxy) is 1. The van der Waals surface area contributed by atoms with Crippen molar-refractivity contribution in [1.82, 2.24) is 4.90 Å².